The van der Waals surface area contributed by atoms with Crippen LogP contribution in [0, 0.1) is 0 Å². The van der Waals surface area contributed by atoms with Crippen molar-refractivity contribution in [2.75, 3.05) is 0 Å². The van der Waals surface area contributed by atoms with E-state index in [1.54, 1.807) is 24.3 Å². The fourth-order valence-corrected chi connectivity index (χ4v) is 3.39. The third-order valence-electron chi connectivity index (χ3n) is 5.00. The van der Waals surface area contributed by atoms with Crippen molar-refractivity contribution < 1.29 is 9.53 Å². The van der Waals surface area contributed by atoms with E-state index in [2.05, 4.69) is 15.3 Å². The minimum absolute atomic E-state index is 0.153. The van der Waals surface area contributed by atoms with Gasteiger partial charge < -0.3 is 14.5 Å². The number of carbonyl (C=O) groups is 1. The number of imidazole rings is 1. The van der Waals surface area contributed by atoms with E-state index in [4.69, 9.17) is 4.74 Å². The van der Waals surface area contributed by atoms with Gasteiger partial charge in [0.25, 0.3) is 5.91 Å². The highest BCUT2D eigenvalue weighted by Crippen LogP contribution is 2.16. The first-order chi connectivity index (χ1) is 15.2. The van der Waals surface area contributed by atoms with Crippen LogP contribution >= 0.6 is 0 Å². The van der Waals surface area contributed by atoms with Crippen LogP contribution in [0.4, 0.5) is 0 Å². The molecular weight excluding hydrogens is 388 g/mol. The van der Waals surface area contributed by atoms with Gasteiger partial charge in [-0.05, 0) is 48.5 Å². The predicted octanol–water partition coefficient (Wildman–Crippen LogP) is 4.39. The van der Waals surface area contributed by atoms with Crippen LogP contribution in [0.2, 0.25) is 0 Å². The highest BCUT2D eigenvalue weighted by atomic mass is 16.5. The first-order valence-electron chi connectivity index (χ1n) is 10.0. The van der Waals surface area contributed by atoms with Gasteiger partial charge in [-0.15, -0.1) is 0 Å². The van der Waals surface area contributed by atoms with Crippen molar-refractivity contribution in [1.82, 2.24) is 19.7 Å². The Morgan fingerprint density at radius 1 is 0.871 bits per heavy atom. The van der Waals surface area contributed by atoms with E-state index in [0.717, 1.165) is 27.9 Å². The number of aromatic nitrogens is 3. The minimum atomic E-state index is -0.153. The van der Waals surface area contributed by atoms with Crippen LogP contribution < -0.4 is 10.1 Å². The Morgan fingerprint density at radius 2 is 1.71 bits per heavy atom. The Labute approximate surface area is 179 Å². The summed E-state index contributed by atoms with van der Waals surface area (Å²) in [6, 6.07) is 24.9. The van der Waals surface area contributed by atoms with Gasteiger partial charge >= 0.3 is 0 Å². The van der Waals surface area contributed by atoms with E-state index in [0.29, 0.717) is 24.5 Å². The Morgan fingerprint density at radius 3 is 2.58 bits per heavy atom. The average Bonchev–Trinajstić information content (AvgIpc) is 3.24. The molecule has 5 rings (SSSR count). The zero-order chi connectivity index (χ0) is 21.0. The van der Waals surface area contributed by atoms with Crippen LogP contribution in [-0.2, 0) is 13.2 Å². The molecule has 0 atom stereocenters. The van der Waals surface area contributed by atoms with E-state index in [1.165, 1.54) is 0 Å². The summed E-state index contributed by atoms with van der Waals surface area (Å²) in [5.41, 5.74) is 4.03. The second kappa shape index (κ2) is 8.28. The van der Waals surface area contributed by atoms with Gasteiger partial charge in [0.05, 0.1) is 23.4 Å². The highest BCUT2D eigenvalue weighted by Gasteiger charge is 2.08. The van der Waals surface area contributed by atoms with Gasteiger partial charge in [0.2, 0.25) is 0 Å². The van der Waals surface area contributed by atoms with Crippen LogP contribution in [0.15, 0.2) is 91.3 Å². The molecular formula is C25H20N4O2. The molecule has 0 spiro atoms. The molecule has 152 valence electrons. The van der Waals surface area contributed by atoms with Crippen molar-refractivity contribution in [2.45, 2.75) is 13.2 Å². The van der Waals surface area contributed by atoms with Crippen molar-refractivity contribution in [3.63, 3.8) is 0 Å². The summed E-state index contributed by atoms with van der Waals surface area (Å²) in [4.78, 5) is 21.5. The van der Waals surface area contributed by atoms with E-state index in [-0.39, 0.29) is 5.91 Å². The standard InChI is InChI=1S/C25H20N4O2/c30-25(26-15-21-16-29-14-4-3-7-24(29)28-21)19-9-12-22(13-10-19)31-17-20-11-8-18-5-1-2-6-23(18)27-20/h1-14,16H,15,17H2,(H,26,30). The second-order valence-corrected chi connectivity index (χ2v) is 7.19. The van der Waals surface area contributed by atoms with Crippen molar-refractivity contribution in [2.24, 2.45) is 0 Å². The lowest BCUT2D eigenvalue weighted by Crippen LogP contribution is -2.22. The van der Waals surface area contributed by atoms with Gasteiger partial charge in [-0.25, -0.2) is 9.97 Å². The molecule has 1 N–H and O–H groups in total. The summed E-state index contributed by atoms with van der Waals surface area (Å²) in [6.07, 6.45) is 3.84. The molecule has 0 aliphatic heterocycles. The SMILES string of the molecule is O=C(NCc1cn2ccccc2n1)c1ccc(OCc2ccc3ccccc3n2)cc1. The molecule has 0 saturated carbocycles. The number of nitrogens with one attached hydrogen (secondary N) is 1. The fourth-order valence-electron chi connectivity index (χ4n) is 3.39. The van der Waals surface area contributed by atoms with E-state index in [1.807, 2.05) is 71.4 Å². The summed E-state index contributed by atoms with van der Waals surface area (Å²) in [7, 11) is 0. The lowest BCUT2D eigenvalue weighted by Gasteiger charge is -2.08. The minimum Gasteiger partial charge on any atom is -0.487 e. The monoisotopic (exact) mass is 408 g/mol. The maximum absolute atomic E-state index is 12.5. The Bertz CT molecular complexity index is 1330. The van der Waals surface area contributed by atoms with E-state index < -0.39 is 0 Å². The number of para-hydroxylation sites is 1. The molecule has 0 bridgehead atoms. The fraction of sp³-hybridized carbons (Fsp3) is 0.0800. The zero-order valence-corrected chi connectivity index (χ0v) is 16.7. The molecule has 6 heteroatoms. The van der Waals surface area contributed by atoms with Crippen LogP contribution in [-0.4, -0.2) is 20.3 Å². The third kappa shape index (κ3) is 4.23. The molecule has 2 aromatic carbocycles. The molecule has 31 heavy (non-hydrogen) atoms. The van der Waals surface area contributed by atoms with Gasteiger partial charge in [0, 0.05) is 23.3 Å². The van der Waals surface area contributed by atoms with Gasteiger partial charge in [0.15, 0.2) is 0 Å². The lowest BCUT2D eigenvalue weighted by atomic mass is 10.2. The molecule has 5 aromatic rings. The Kier molecular flexibility index (Phi) is 5.02. The zero-order valence-electron chi connectivity index (χ0n) is 16.7. The number of hydrogen-bond acceptors (Lipinski definition) is 4. The third-order valence-corrected chi connectivity index (χ3v) is 5.00. The first kappa shape index (κ1) is 18.8. The van der Waals surface area contributed by atoms with Gasteiger partial charge in [-0.1, -0.05) is 30.3 Å². The summed E-state index contributed by atoms with van der Waals surface area (Å²) in [6.45, 7) is 0.733. The van der Waals surface area contributed by atoms with Crippen LogP contribution in [0.1, 0.15) is 21.7 Å². The molecule has 0 saturated heterocycles. The van der Waals surface area contributed by atoms with Gasteiger partial charge in [-0.3, -0.25) is 4.79 Å². The number of benzene rings is 2. The number of hydrogen-bond donors (Lipinski definition) is 1. The molecule has 0 aliphatic carbocycles. The maximum Gasteiger partial charge on any atom is 0.251 e. The number of pyridine rings is 2. The number of carbonyl (C=O) groups excluding carboxylic acids is 1. The molecule has 0 aliphatic rings. The average molecular weight is 408 g/mol. The van der Waals surface area contributed by atoms with E-state index >= 15 is 0 Å². The van der Waals surface area contributed by atoms with Crippen LogP contribution in [0.3, 0.4) is 0 Å². The Balaban J connectivity index is 1.18. The maximum atomic E-state index is 12.5. The normalized spacial score (nSPS) is 11.0. The summed E-state index contributed by atoms with van der Waals surface area (Å²) < 4.78 is 7.76. The molecule has 0 fully saturated rings. The second-order valence-electron chi connectivity index (χ2n) is 7.19. The first-order valence-corrected chi connectivity index (χ1v) is 10.0. The van der Waals surface area contributed by atoms with Crippen LogP contribution in [0.25, 0.3) is 16.6 Å². The number of nitrogens with zero attached hydrogens (tertiary/aromatic N) is 3. The van der Waals surface area contributed by atoms with Crippen molar-refractivity contribution in [3.8, 4) is 5.75 Å². The number of ether oxygens (including phenoxy) is 1. The summed E-state index contributed by atoms with van der Waals surface area (Å²) >= 11 is 0. The number of rotatable bonds is 6. The van der Waals surface area contributed by atoms with Gasteiger partial charge in [0.1, 0.15) is 18.0 Å². The van der Waals surface area contributed by atoms with Gasteiger partial charge in [-0.2, -0.15) is 0 Å². The molecule has 0 unspecified atom stereocenters. The quantitative estimate of drug-likeness (QED) is 0.452. The van der Waals surface area contributed by atoms with Crippen molar-refractivity contribution in [3.05, 3.63) is 108 Å². The molecule has 1 amide bonds. The highest BCUT2D eigenvalue weighted by molar-refractivity contribution is 5.94. The van der Waals surface area contributed by atoms with Crippen LogP contribution in [0.5, 0.6) is 5.75 Å². The Hall–Kier alpha value is -4.19. The smallest absolute Gasteiger partial charge is 0.251 e. The number of fused-ring (bicyclic) bond motifs is 2. The molecule has 0 radical (unpaired) electrons. The topological polar surface area (TPSA) is 68.5 Å². The van der Waals surface area contributed by atoms with E-state index in [9.17, 15) is 4.79 Å². The largest absolute Gasteiger partial charge is 0.487 e. The molecule has 3 aromatic heterocycles. The summed E-state index contributed by atoms with van der Waals surface area (Å²) in [5.74, 6) is 0.534. The lowest BCUT2D eigenvalue weighted by molar-refractivity contribution is 0.0950. The number of amides is 1. The van der Waals surface area contributed by atoms with Crippen molar-refractivity contribution >= 4 is 22.5 Å². The molecule has 3 heterocycles. The van der Waals surface area contributed by atoms with Crippen molar-refractivity contribution in [1.29, 1.82) is 0 Å². The predicted molar refractivity (Wildman–Crippen MR) is 119 cm³/mol. The molecule has 6 nitrogen and oxygen atoms in total. The summed E-state index contributed by atoms with van der Waals surface area (Å²) in [5, 5.41) is 4.01.